The fraction of sp³-hybridized carbons (Fsp3) is 0.600. The highest BCUT2D eigenvalue weighted by Gasteiger charge is 2.24. The maximum absolute atomic E-state index is 14.2. The lowest BCUT2D eigenvalue weighted by Crippen LogP contribution is -2.51. The number of benzene rings is 1. The highest BCUT2D eigenvalue weighted by atomic mass is 19.1. The van der Waals surface area contributed by atoms with Gasteiger partial charge in [0.05, 0.1) is 5.69 Å². The highest BCUT2D eigenvalue weighted by molar-refractivity contribution is 5.50. The van der Waals surface area contributed by atoms with Gasteiger partial charge in [-0.1, -0.05) is 13.0 Å². The maximum Gasteiger partial charge on any atom is 0.146 e. The SMILES string of the molecule is CCC1CN(c2ccc([C@H](C)N)cc2F)CCN1C. The maximum atomic E-state index is 14.2. The molecule has 4 heteroatoms. The molecule has 0 amide bonds. The first-order chi connectivity index (χ1) is 9.02. The quantitative estimate of drug-likeness (QED) is 0.910. The van der Waals surface area contributed by atoms with Gasteiger partial charge in [-0.25, -0.2) is 4.39 Å². The number of anilines is 1. The Hall–Kier alpha value is -1.13. The monoisotopic (exact) mass is 265 g/mol. The van der Waals surface area contributed by atoms with Crippen LogP contribution >= 0.6 is 0 Å². The average Bonchev–Trinajstić information content (AvgIpc) is 2.39. The van der Waals surface area contributed by atoms with E-state index in [1.165, 1.54) is 0 Å². The molecule has 19 heavy (non-hydrogen) atoms. The molecule has 0 bridgehead atoms. The van der Waals surface area contributed by atoms with Gasteiger partial charge in [0, 0.05) is 31.7 Å². The Morgan fingerprint density at radius 3 is 2.74 bits per heavy atom. The van der Waals surface area contributed by atoms with Crippen molar-refractivity contribution in [2.45, 2.75) is 32.4 Å². The standard InChI is InChI=1S/C15H24FN3/c1-4-13-10-19(8-7-18(13)3)15-6-5-12(11(2)17)9-14(15)16/h5-6,9,11,13H,4,7-8,10,17H2,1-3H3/t11-,13?/m0/s1. The highest BCUT2D eigenvalue weighted by Crippen LogP contribution is 2.25. The van der Waals surface area contributed by atoms with Gasteiger partial charge in [0.2, 0.25) is 0 Å². The topological polar surface area (TPSA) is 32.5 Å². The van der Waals surface area contributed by atoms with Crippen molar-refractivity contribution in [1.29, 1.82) is 0 Å². The number of likely N-dealkylation sites (N-methyl/N-ethyl adjacent to an activating group) is 1. The molecule has 2 atom stereocenters. The van der Waals surface area contributed by atoms with Crippen molar-refractivity contribution in [3.8, 4) is 0 Å². The van der Waals surface area contributed by atoms with Crippen molar-refractivity contribution in [3.63, 3.8) is 0 Å². The molecule has 1 saturated heterocycles. The second-order valence-corrected chi connectivity index (χ2v) is 5.49. The fourth-order valence-corrected chi connectivity index (χ4v) is 2.67. The van der Waals surface area contributed by atoms with Crippen LogP contribution in [0.5, 0.6) is 0 Å². The van der Waals surface area contributed by atoms with E-state index in [0.29, 0.717) is 11.7 Å². The first kappa shape index (κ1) is 14.3. The third kappa shape index (κ3) is 3.07. The number of nitrogens with two attached hydrogens (primary N) is 1. The van der Waals surface area contributed by atoms with Crippen LogP contribution in [-0.2, 0) is 0 Å². The van der Waals surface area contributed by atoms with Crippen LogP contribution in [0.25, 0.3) is 0 Å². The predicted octanol–water partition coefficient (Wildman–Crippen LogP) is 2.38. The lowest BCUT2D eigenvalue weighted by molar-refractivity contribution is 0.213. The Balaban J connectivity index is 2.18. The zero-order chi connectivity index (χ0) is 14.0. The number of hydrogen-bond acceptors (Lipinski definition) is 3. The van der Waals surface area contributed by atoms with Gasteiger partial charge in [0.15, 0.2) is 0 Å². The van der Waals surface area contributed by atoms with Crippen molar-refractivity contribution in [2.75, 3.05) is 31.6 Å². The minimum atomic E-state index is -0.158. The zero-order valence-electron chi connectivity index (χ0n) is 12.1. The van der Waals surface area contributed by atoms with Crippen LogP contribution in [0.4, 0.5) is 10.1 Å². The summed E-state index contributed by atoms with van der Waals surface area (Å²) in [5.41, 5.74) is 7.34. The Labute approximate surface area is 115 Å². The van der Waals surface area contributed by atoms with Gasteiger partial charge < -0.3 is 10.6 Å². The molecule has 0 spiro atoms. The molecular formula is C15H24FN3. The lowest BCUT2D eigenvalue weighted by atomic mass is 10.1. The van der Waals surface area contributed by atoms with Gasteiger partial charge in [0.1, 0.15) is 5.82 Å². The second kappa shape index (κ2) is 5.88. The minimum absolute atomic E-state index is 0.126. The number of hydrogen-bond donors (Lipinski definition) is 1. The Morgan fingerprint density at radius 1 is 1.42 bits per heavy atom. The number of halogens is 1. The molecular weight excluding hydrogens is 241 g/mol. The number of nitrogens with zero attached hydrogens (tertiary/aromatic N) is 2. The molecule has 0 saturated carbocycles. The first-order valence-corrected chi connectivity index (χ1v) is 7.03. The van der Waals surface area contributed by atoms with Crippen molar-refractivity contribution in [3.05, 3.63) is 29.6 Å². The number of rotatable bonds is 3. The third-order valence-corrected chi connectivity index (χ3v) is 4.09. The van der Waals surface area contributed by atoms with E-state index in [0.717, 1.165) is 31.6 Å². The summed E-state index contributed by atoms with van der Waals surface area (Å²) >= 11 is 0. The van der Waals surface area contributed by atoms with Crippen LogP contribution in [0, 0.1) is 5.82 Å². The van der Waals surface area contributed by atoms with Crippen LogP contribution in [0.3, 0.4) is 0 Å². The predicted molar refractivity (Wildman–Crippen MR) is 77.9 cm³/mol. The summed E-state index contributed by atoms with van der Waals surface area (Å²) in [6.45, 7) is 6.80. The van der Waals surface area contributed by atoms with E-state index in [1.54, 1.807) is 6.07 Å². The van der Waals surface area contributed by atoms with E-state index in [2.05, 4.69) is 23.8 Å². The Morgan fingerprint density at radius 2 is 2.16 bits per heavy atom. The molecule has 3 nitrogen and oxygen atoms in total. The Bertz CT molecular complexity index is 433. The molecule has 1 aromatic carbocycles. The molecule has 0 aromatic heterocycles. The second-order valence-electron chi connectivity index (χ2n) is 5.49. The molecule has 1 unspecified atom stereocenters. The Kier molecular flexibility index (Phi) is 4.42. The largest absolute Gasteiger partial charge is 0.366 e. The smallest absolute Gasteiger partial charge is 0.146 e. The normalized spacial score (nSPS) is 22.6. The van der Waals surface area contributed by atoms with E-state index >= 15 is 0 Å². The van der Waals surface area contributed by atoms with Gasteiger partial charge in [-0.2, -0.15) is 0 Å². The average molecular weight is 265 g/mol. The molecule has 0 radical (unpaired) electrons. The first-order valence-electron chi connectivity index (χ1n) is 7.03. The summed E-state index contributed by atoms with van der Waals surface area (Å²) in [5, 5.41) is 0. The van der Waals surface area contributed by atoms with Crippen molar-refractivity contribution >= 4 is 5.69 Å². The van der Waals surface area contributed by atoms with E-state index in [9.17, 15) is 4.39 Å². The summed E-state index contributed by atoms with van der Waals surface area (Å²) in [6, 6.07) is 5.74. The van der Waals surface area contributed by atoms with Crippen molar-refractivity contribution in [2.24, 2.45) is 5.73 Å². The van der Waals surface area contributed by atoms with E-state index in [-0.39, 0.29) is 11.9 Å². The third-order valence-electron chi connectivity index (χ3n) is 4.09. The van der Waals surface area contributed by atoms with Crippen LogP contribution in [0.2, 0.25) is 0 Å². The van der Waals surface area contributed by atoms with Gasteiger partial charge >= 0.3 is 0 Å². The van der Waals surface area contributed by atoms with Gasteiger partial charge in [-0.3, -0.25) is 4.90 Å². The zero-order valence-corrected chi connectivity index (χ0v) is 12.1. The molecule has 106 valence electrons. The molecule has 2 N–H and O–H groups in total. The van der Waals surface area contributed by atoms with Gasteiger partial charge in [-0.15, -0.1) is 0 Å². The van der Waals surface area contributed by atoms with E-state index in [1.807, 2.05) is 19.1 Å². The van der Waals surface area contributed by atoms with E-state index in [4.69, 9.17) is 5.73 Å². The molecule has 1 fully saturated rings. The summed E-state index contributed by atoms with van der Waals surface area (Å²) in [5.74, 6) is -0.158. The van der Waals surface area contributed by atoms with Gasteiger partial charge in [0.25, 0.3) is 0 Å². The summed E-state index contributed by atoms with van der Waals surface area (Å²) in [4.78, 5) is 4.50. The molecule has 0 aliphatic carbocycles. The lowest BCUT2D eigenvalue weighted by Gasteiger charge is -2.40. The van der Waals surface area contributed by atoms with Crippen LogP contribution < -0.4 is 10.6 Å². The molecule has 1 aliphatic heterocycles. The van der Waals surface area contributed by atoms with Crippen LogP contribution in [0.15, 0.2) is 18.2 Å². The molecule has 1 heterocycles. The minimum Gasteiger partial charge on any atom is -0.366 e. The van der Waals surface area contributed by atoms with Crippen molar-refractivity contribution < 1.29 is 4.39 Å². The van der Waals surface area contributed by atoms with Crippen molar-refractivity contribution in [1.82, 2.24) is 4.90 Å². The summed E-state index contributed by atoms with van der Waals surface area (Å²) in [6.07, 6.45) is 1.09. The molecule has 1 aromatic rings. The van der Waals surface area contributed by atoms with Gasteiger partial charge in [-0.05, 0) is 38.1 Å². The van der Waals surface area contributed by atoms with Crippen LogP contribution in [0.1, 0.15) is 31.9 Å². The fourth-order valence-electron chi connectivity index (χ4n) is 2.67. The molecule has 2 rings (SSSR count). The molecule has 1 aliphatic rings. The summed E-state index contributed by atoms with van der Waals surface area (Å²) < 4.78 is 14.2. The van der Waals surface area contributed by atoms with E-state index < -0.39 is 0 Å². The van der Waals surface area contributed by atoms with Crippen LogP contribution in [-0.4, -0.2) is 37.6 Å². The number of piperazine rings is 1. The summed E-state index contributed by atoms with van der Waals surface area (Å²) in [7, 11) is 2.14.